The summed E-state index contributed by atoms with van der Waals surface area (Å²) in [5.41, 5.74) is 0.981. The molecule has 8 nitrogen and oxygen atoms in total. The Hall–Kier alpha value is -2.16. The minimum absolute atomic E-state index is 0.0557. The van der Waals surface area contributed by atoms with Crippen molar-refractivity contribution in [3.05, 3.63) is 29.8 Å². The molecule has 22 heavy (non-hydrogen) atoms. The first-order chi connectivity index (χ1) is 10.4. The van der Waals surface area contributed by atoms with Crippen molar-refractivity contribution >= 4 is 15.7 Å². The Morgan fingerprint density at radius 1 is 1.45 bits per heavy atom. The van der Waals surface area contributed by atoms with Crippen molar-refractivity contribution in [1.29, 1.82) is 0 Å². The molecule has 1 aliphatic rings. The number of amides is 1. The monoisotopic (exact) mass is 323 g/mol. The SMILES string of the molecule is Cn1ccc(C(=O)N2CC[C@H](c3[nH]ncc3S(C)(=O)=O)C2)n1. The molecular formula is C13H17N5O3S. The van der Waals surface area contributed by atoms with Crippen LogP contribution >= 0.6 is 0 Å². The number of hydrogen-bond acceptors (Lipinski definition) is 5. The summed E-state index contributed by atoms with van der Waals surface area (Å²) in [4.78, 5) is 14.3. The number of hydrogen-bond donors (Lipinski definition) is 1. The van der Waals surface area contributed by atoms with Crippen molar-refractivity contribution in [2.75, 3.05) is 19.3 Å². The number of sulfone groups is 1. The molecule has 1 amide bonds. The molecule has 1 aliphatic heterocycles. The van der Waals surface area contributed by atoms with Crippen LogP contribution in [0.4, 0.5) is 0 Å². The lowest BCUT2D eigenvalue weighted by Gasteiger charge is -2.15. The van der Waals surface area contributed by atoms with Crippen molar-refractivity contribution in [2.24, 2.45) is 7.05 Å². The molecule has 9 heteroatoms. The number of nitrogens with zero attached hydrogens (tertiary/aromatic N) is 4. The summed E-state index contributed by atoms with van der Waals surface area (Å²) >= 11 is 0. The Bertz CT molecular complexity index is 807. The van der Waals surface area contributed by atoms with Gasteiger partial charge in [0.25, 0.3) is 5.91 Å². The second-order valence-corrected chi connectivity index (χ2v) is 7.52. The molecule has 2 aromatic rings. The average Bonchev–Trinajstić information content (AvgIpc) is 3.16. The second-order valence-electron chi connectivity index (χ2n) is 5.53. The highest BCUT2D eigenvalue weighted by Crippen LogP contribution is 2.30. The Labute approximate surface area is 128 Å². The van der Waals surface area contributed by atoms with Crippen LogP contribution in [0.15, 0.2) is 23.4 Å². The number of aromatic amines is 1. The Kier molecular flexibility index (Phi) is 3.51. The first-order valence-corrected chi connectivity index (χ1v) is 8.77. The highest BCUT2D eigenvalue weighted by molar-refractivity contribution is 7.90. The zero-order valence-electron chi connectivity index (χ0n) is 12.4. The van der Waals surface area contributed by atoms with Crippen LogP contribution in [0.3, 0.4) is 0 Å². The van der Waals surface area contributed by atoms with Crippen molar-refractivity contribution in [2.45, 2.75) is 17.2 Å². The van der Waals surface area contributed by atoms with Crippen LogP contribution in [0.5, 0.6) is 0 Å². The maximum Gasteiger partial charge on any atom is 0.274 e. The topological polar surface area (TPSA) is 101 Å². The zero-order chi connectivity index (χ0) is 15.9. The van der Waals surface area contributed by atoms with Gasteiger partial charge in [0.2, 0.25) is 0 Å². The van der Waals surface area contributed by atoms with E-state index in [1.165, 1.54) is 6.20 Å². The lowest BCUT2D eigenvalue weighted by molar-refractivity contribution is 0.0784. The van der Waals surface area contributed by atoms with E-state index in [4.69, 9.17) is 0 Å². The van der Waals surface area contributed by atoms with Gasteiger partial charge in [-0.3, -0.25) is 14.6 Å². The van der Waals surface area contributed by atoms with Gasteiger partial charge in [-0.15, -0.1) is 0 Å². The number of carbonyl (C=O) groups is 1. The van der Waals surface area contributed by atoms with Crippen LogP contribution in [0.2, 0.25) is 0 Å². The summed E-state index contributed by atoms with van der Waals surface area (Å²) < 4.78 is 25.1. The third-order valence-electron chi connectivity index (χ3n) is 3.85. The third kappa shape index (κ3) is 2.63. The van der Waals surface area contributed by atoms with E-state index >= 15 is 0 Å². The van der Waals surface area contributed by atoms with Crippen molar-refractivity contribution in [3.63, 3.8) is 0 Å². The molecule has 0 saturated carbocycles. The second kappa shape index (κ2) is 5.24. The fraction of sp³-hybridized carbons (Fsp3) is 0.462. The summed E-state index contributed by atoms with van der Waals surface area (Å²) in [5, 5.41) is 10.7. The van der Waals surface area contributed by atoms with Gasteiger partial charge in [0, 0.05) is 38.5 Å². The first kappa shape index (κ1) is 14.8. The van der Waals surface area contributed by atoms with E-state index in [9.17, 15) is 13.2 Å². The average molecular weight is 323 g/mol. The maximum absolute atomic E-state index is 12.4. The number of H-pyrrole nitrogens is 1. The normalized spacial score (nSPS) is 18.8. The zero-order valence-corrected chi connectivity index (χ0v) is 13.2. The van der Waals surface area contributed by atoms with E-state index in [0.29, 0.717) is 30.9 Å². The Morgan fingerprint density at radius 3 is 2.86 bits per heavy atom. The predicted molar refractivity (Wildman–Crippen MR) is 78.2 cm³/mol. The summed E-state index contributed by atoms with van der Waals surface area (Å²) in [5.74, 6) is -0.191. The molecule has 0 aliphatic carbocycles. The molecule has 0 spiro atoms. The minimum Gasteiger partial charge on any atom is -0.337 e. The molecular weight excluding hydrogens is 306 g/mol. The van der Waals surface area contributed by atoms with Crippen molar-refractivity contribution in [1.82, 2.24) is 24.9 Å². The Balaban J connectivity index is 1.78. The van der Waals surface area contributed by atoms with E-state index < -0.39 is 9.84 Å². The van der Waals surface area contributed by atoms with Gasteiger partial charge in [0.1, 0.15) is 10.6 Å². The van der Waals surface area contributed by atoms with Gasteiger partial charge in [-0.25, -0.2) is 8.42 Å². The molecule has 3 rings (SSSR count). The quantitative estimate of drug-likeness (QED) is 0.868. The minimum atomic E-state index is -3.33. The molecule has 1 N–H and O–H groups in total. The largest absolute Gasteiger partial charge is 0.337 e. The molecule has 0 unspecified atom stereocenters. The number of rotatable bonds is 3. The van der Waals surface area contributed by atoms with E-state index in [1.807, 2.05) is 0 Å². The maximum atomic E-state index is 12.4. The highest BCUT2D eigenvalue weighted by Gasteiger charge is 2.32. The molecule has 118 valence electrons. The summed E-state index contributed by atoms with van der Waals surface area (Å²) in [6.07, 6.45) is 4.90. The number of aromatic nitrogens is 4. The number of likely N-dealkylation sites (tertiary alicyclic amines) is 1. The number of nitrogens with one attached hydrogen (secondary N) is 1. The highest BCUT2D eigenvalue weighted by atomic mass is 32.2. The lowest BCUT2D eigenvalue weighted by Crippen LogP contribution is -2.29. The Morgan fingerprint density at radius 2 is 2.23 bits per heavy atom. The molecule has 3 heterocycles. The summed E-state index contributed by atoms with van der Waals surface area (Å²) in [6, 6.07) is 1.67. The van der Waals surface area contributed by atoms with E-state index in [1.54, 1.807) is 28.9 Å². The molecule has 2 aromatic heterocycles. The molecule has 0 aromatic carbocycles. The fourth-order valence-corrected chi connectivity index (χ4v) is 3.60. The fourth-order valence-electron chi connectivity index (χ4n) is 2.74. The van der Waals surface area contributed by atoms with Crippen LogP contribution in [0.25, 0.3) is 0 Å². The molecule has 1 saturated heterocycles. The van der Waals surface area contributed by atoms with Gasteiger partial charge in [-0.2, -0.15) is 10.2 Å². The third-order valence-corrected chi connectivity index (χ3v) is 4.97. The van der Waals surface area contributed by atoms with Gasteiger partial charge in [0.15, 0.2) is 9.84 Å². The lowest BCUT2D eigenvalue weighted by atomic mass is 10.1. The van der Waals surface area contributed by atoms with E-state index in [0.717, 1.165) is 6.26 Å². The van der Waals surface area contributed by atoms with Crippen LogP contribution in [0, 0.1) is 0 Å². The van der Waals surface area contributed by atoms with Gasteiger partial charge >= 0.3 is 0 Å². The van der Waals surface area contributed by atoms with Gasteiger partial charge in [-0.1, -0.05) is 0 Å². The van der Waals surface area contributed by atoms with E-state index in [2.05, 4.69) is 15.3 Å². The van der Waals surface area contributed by atoms with Crippen molar-refractivity contribution < 1.29 is 13.2 Å². The van der Waals surface area contributed by atoms with Crippen LogP contribution in [-0.4, -0.2) is 58.5 Å². The first-order valence-electron chi connectivity index (χ1n) is 6.88. The number of aryl methyl sites for hydroxylation is 1. The van der Waals surface area contributed by atoms with Gasteiger partial charge in [-0.05, 0) is 12.5 Å². The smallest absolute Gasteiger partial charge is 0.274 e. The van der Waals surface area contributed by atoms with Gasteiger partial charge < -0.3 is 4.90 Å². The van der Waals surface area contributed by atoms with Crippen LogP contribution in [0.1, 0.15) is 28.5 Å². The van der Waals surface area contributed by atoms with Gasteiger partial charge in [0.05, 0.1) is 11.9 Å². The van der Waals surface area contributed by atoms with E-state index in [-0.39, 0.29) is 16.7 Å². The molecule has 0 radical (unpaired) electrons. The number of carbonyl (C=O) groups excluding carboxylic acids is 1. The van der Waals surface area contributed by atoms with Crippen LogP contribution < -0.4 is 0 Å². The molecule has 1 fully saturated rings. The predicted octanol–water partition coefficient (Wildman–Crippen LogP) is 0.176. The summed E-state index contributed by atoms with van der Waals surface area (Å²) in [7, 11) is -1.57. The molecule has 1 atom stereocenters. The molecule has 0 bridgehead atoms. The van der Waals surface area contributed by atoms with Crippen molar-refractivity contribution in [3.8, 4) is 0 Å². The van der Waals surface area contributed by atoms with Crippen LogP contribution in [-0.2, 0) is 16.9 Å². The standard InChI is InChI=1S/C13H17N5O3S/c1-17-5-4-10(16-17)13(19)18-6-3-9(8-18)12-11(7-14-15-12)22(2,20)21/h4-5,7,9H,3,6,8H2,1-2H3,(H,14,15)/t9-/m0/s1. The summed E-state index contributed by atoms with van der Waals surface area (Å²) in [6.45, 7) is 1.03.